The molecule has 0 bridgehead atoms. The number of carboxylic acid groups (broad SMARTS) is 1. The molecule has 2 rings (SSSR count). The number of urea groups is 1. The van der Waals surface area contributed by atoms with E-state index in [0.717, 1.165) is 10.0 Å². The third kappa shape index (κ3) is 4.03. The van der Waals surface area contributed by atoms with Crippen molar-refractivity contribution in [3.63, 3.8) is 0 Å². The third-order valence-electron chi connectivity index (χ3n) is 2.62. The number of carboxylic acids is 1. The Morgan fingerprint density at radius 1 is 1.19 bits per heavy atom. The molecule has 0 aliphatic heterocycles. The summed E-state index contributed by atoms with van der Waals surface area (Å²) in [5, 5.41) is 14.1. The first-order valence-electron chi connectivity index (χ1n) is 5.98. The normalized spacial score (nSPS) is 10.0. The van der Waals surface area contributed by atoms with Crippen LogP contribution in [0, 0.1) is 6.92 Å². The van der Waals surface area contributed by atoms with Crippen LogP contribution in [-0.2, 0) is 0 Å². The van der Waals surface area contributed by atoms with Gasteiger partial charge in [-0.2, -0.15) is 0 Å². The third-order valence-corrected chi connectivity index (χ3v) is 3.27. The fraction of sp³-hybridized carbons (Fsp3) is 0.0714. The molecule has 21 heavy (non-hydrogen) atoms. The summed E-state index contributed by atoms with van der Waals surface area (Å²) >= 11 is 3.36. The quantitative estimate of drug-likeness (QED) is 0.790. The fourth-order valence-corrected chi connectivity index (χ4v) is 2.22. The highest BCUT2D eigenvalue weighted by Gasteiger charge is 2.08. The van der Waals surface area contributed by atoms with Gasteiger partial charge in [-0.1, -0.05) is 6.07 Å². The van der Waals surface area contributed by atoms with Crippen LogP contribution in [0.25, 0.3) is 0 Å². The minimum absolute atomic E-state index is 0.00400. The summed E-state index contributed by atoms with van der Waals surface area (Å²) in [5.41, 5.74) is 1.98. The Morgan fingerprint density at radius 2 is 1.95 bits per heavy atom. The molecule has 0 saturated heterocycles. The van der Waals surface area contributed by atoms with E-state index in [1.807, 2.05) is 19.1 Å². The van der Waals surface area contributed by atoms with E-state index < -0.39 is 12.0 Å². The highest BCUT2D eigenvalue weighted by molar-refractivity contribution is 9.10. The Morgan fingerprint density at radius 3 is 2.62 bits per heavy atom. The summed E-state index contributed by atoms with van der Waals surface area (Å²) in [6, 6.07) is 6.36. The van der Waals surface area contributed by atoms with Crippen molar-refractivity contribution in [3.05, 3.63) is 52.3 Å². The number of nitrogens with zero attached hydrogens (tertiary/aromatic N) is 1. The highest BCUT2D eigenvalue weighted by atomic mass is 79.9. The van der Waals surface area contributed by atoms with Crippen LogP contribution < -0.4 is 10.6 Å². The highest BCUT2D eigenvalue weighted by Crippen LogP contribution is 2.23. The number of anilines is 2. The number of amides is 2. The number of benzene rings is 1. The number of hydrogen-bond acceptors (Lipinski definition) is 3. The van der Waals surface area contributed by atoms with E-state index in [2.05, 4.69) is 31.5 Å². The zero-order chi connectivity index (χ0) is 15.4. The topological polar surface area (TPSA) is 91.3 Å². The largest absolute Gasteiger partial charge is 0.478 e. The fourth-order valence-electron chi connectivity index (χ4n) is 1.63. The van der Waals surface area contributed by atoms with Crippen molar-refractivity contribution < 1.29 is 14.7 Å². The zero-order valence-electron chi connectivity index (χ0n) is 11.1. The Hall–Kier alpha value is -2.41. The van der Waals surface area contributed by atoms with Gasteiger partial charge in [-0.25, -0.2) is 9.59 Å². The minimum atomic E-state index is -1.10. The minimum Gasteiger partial charge on any atom is -0.478 e. The molecule has 1 aromatic carbocycles. The smallest absolute Gasteiger partial charge is 0.337 e. The first-order valence-corrected chi connectivity index (χ1v) is 6.77. The first-order chi connectivity index (χ1) is 9.95. The molecule has 2 amide bonds. The van der Waals surface area contributed by atoms with Crippen LogP contribution in [0.15, 0.2) is 41.1 Å². The molecular formula is C14H12BrN3O3. The van der Waals surface area contributed by atoms with Crippen molar-refractivity contribution >= 4 is 39.3 Å². The molecule has 0 aliphatic carbocycles. The van der Waals surface area contributed by atoms with E-state index in [1.165, 1.54) is 18.5 Å². The Kier molecular flexibility index (Phi) is 4.54. The number of rotatable bonds is 3. The Labute approximate surface area is 129 Å². The molecule has 0 radical (unpaired) electrons. The molecule has 0 atom stereocenters. The Balaban J connectivity index is 2.08. The lowest BCUT2D eigenvalue weighted by Crippen LogP contribution is -2.20. The number of nitrogens with one attached hydrogen (secondary N) is 2. The maximum Gasteiger partial charge on any atom is 0.337 e. The zero-order valence-corrected chi connectivity index (χ0v) is 12.6. The number of carbonyl (C=O) groups excluding carboxylic acids is 1. The summed E-state index contributed by atoms with van der Waals surface area (Å²) < 4.78 is 0.759. The molecule has 108 valence electrons. The van der Waals surface area contributed by atoms with Crippen LogP contribution in [0.5, 0.6) is 0 Å². The molecular weight excluding hydrogens is 338 g/mol. The lowest BCUT2D eigenvalue weighted by Gasteiger charge is -2.09. The molecule has 0 unspecified atom stereocenters. The van der Waals surface area contributed by atoms with Crippen molar-refractivity contribution in [1.29, 1.82) is 0 Å². The molecule has 6 nitrogen and oxygen atoms in total. The number of aryl methyl sites for hydroxylation is 1. The van der Waals surface area contributed by atoms with Crippen molar-refractivity contribution in [3.8, 4) is 0 Å². The number of carbonyl (C=O) groups is 2. The van der Waals surface area contributed by atoms with Crippen LogP contribution >= 0.6 is 15.9 Å². The Bertz CT molecular complexity index is 704. The second kappa shape index (κ2) is 6.36. The molecule has 0 saturated carbocycles. The van der Waals surface area contributed by atoms with Crippen LogP contribution in [0.2, 0.25) is 0 Å². The number of aromatic nitrogens is 1. The number of aromatic carboxylic acids is 1. The van der Waals surface area contributed by atoms with E-state index in [1.54, 1.807) is 6.07 Å². The van der Waals surface area contributed by atoms with Crippen LogP contribution in [0.4, 0.5) is 16.2 Å². The van der Waals surface area contributed by atoms with Crippen molar-refractivity contribution in [2.24, 2.45) is 0 Å². The molecule has 7 heteroatoms. The van der Waals surface area contributed by atoms with Crippen molar-refractivity contribution in [2.45, 2.75) is 6.92 Å². The van der Waals surface area contributed by atoms with E-state index in [4.69, 9.17) is 5.11 Å². The van der Waals surface area contributed by atoms with Crippen molar-refractivity contribution in [2.75, 3.05) is 10.6 Å². The van der Waals surface area contributed by atoms with Gasteiger partial charge in [-0.05, 0) is 46.6 Å². The molecule has 0 fully saturated rings. The van der Waals surface area contributed by atoms with Crippen molar-refractivity contribution in [1.82, 2.24) is 4.98 Å². The van der Waals surface area contributed by atoms with Gasteiger partial charge >= 0.3 is 12.0 Å². The first kappa shape index (κ1) is 15.0. The van der Waals surface area contributed by atoms with E-state index in [0.29, 0.717) is 11.4 Å². The molecule has 1 aromatic heterocycles. The van der Waals surface area contributed by atoms with E-state index in [9.17, 15) is 9.59 Å². The van der Waals surface area contributed by atoms with E-state index in [-0.39, 0.29) is 5.56 Å². The summed E-state index contributed by atoms with van der Waals surface area (Å²) in [6.07, 6.45) is 2.58. The lowest BCUT2D eigenvalue weighted by molar-refractivity contribution is 0.0696. The lowest BCUT2D eigenvalue weighted by atomic mass is 10.2. The maximum atomic E-state index is 11.9. The molecule has 1 heterocycles. The average Bonchev–Trinajstić information content (AvgIpc) is 2.42. The molecule has 2 aromatic rings. The molecule has 0 aliphatic rings. The number of halogens is 1. The summed E-state index contributed by atoms with van der Waals surface area (Å²) in [6.45, 7) is 1.94. The predicted molar refractivity (Wildman–Crippen MR) is 82.7 cm³/mol. The van der Waals surface area contributed by atoms with Gasteiger partial charge in [0.2, 0.25) is 0 Å². The summed E-state index contributed by atoms with van der Waals surface area (Å²) in [4.78, 5) is 26.5. The van der Waals surface area contributed by atoms with Gasteiger partial charge in [0.25, 0.3) is 0 Å². The maximum absolute atomic E-state index is 11.9. The summed E-state index contributed by atoms with van der Waals surface area (Å²) in [5.74, 6) is -1.10. The average molecular weight is 350 g/mol. The van der Waals surface area contributed by atoms with Gasteiger partial charge in [0.15, 0.2) is 0 Å². The van der Waals surface area contributed by atoms with Gasteiger partial charge in [0.05, 0.1) is 23.1 Å². The van der Waals surface area contributed by atoms with Crippen LogP contribution in [0.1, 0.15) is 15.9 Å². The monoisotopic (exact) mass is 349 g/mol. The second-order valence-electron chi connectivity index (χ2n) is 4.33. The number of hydrogen-bond donors (Lipinski definition) is 3. The SMILES string of the molecule is Cc1ccc(NC(=O)Nc2cncc(C(=O)O)c2)c(Br)c1. The predicted octanol–water partition coefficient (Wildman–Crippen LogP) is 3.49. The van der Waals surface area contributed by atoms with Crippen LogP contribution in [-0.4, -0.2) is 22.1 Å². The van der Waals surface area contributed by atoms with Gasteiger partial charge in [-0.15, -0.1) is 0 Å². The van der Waals surface area contributed by atoms with Crippen LogP contribution in [0.3, 0.4) is 0 Å². The van der Waals surface area contributed by atoms with Gasteiger partial charge in [0.1, 0.15) is 0 Å². The summed E-state index contributed by atoms with van der Waals surface area (Å²) in [7, 11) is 0. The molecule has 3 N–H and O–H groups in total. The van der Waals surface area contributed by atoms with E-state index >= 15 is 0 Å². The molecule has 0 spiro atoms. The van der Waals surface area contributed by atoms with Gasteiger partial charge < -0.3 is 15.7 Å². The number of pyridine rings is 1. The van der Waals surface area contributed by atoms with Gasteiger partial charge in [-0.3, -0.25) is 4.98 Å². The van der Waals surface area contributed by atoms with Gasteiger partial charge in [0, 0.05) is 10.7 Å². The second-order valence-corrected chi connectivity index (χ2v) is 5.18. The standard InChI is InChI=1S/C14H12BrN3O3/c1-8-2-3-12(11(15)4-8)18-14(21)17-10-5-9(13(19)20)6-16-7-10/h2-7H,1H3,(H,19,20)(H2,17,18,21).